The Hall–Kier alpha value is -1.64. The predicted molar refractivity (Wildman–Crippen MR) is 73.1 cm³/mol. The number of carbonyl (C=O) groups is 1. The van der Waals surface area contributed by atoms with E-state index in [1.54, 1.807) is 0 Å². The van der Waals surface area contributed by atoms with Crippen LogP contribution in [0.1, 0.15) is 13.3 Å². The van der Waals surface area contributed by atoms with Crippen LogP contribution in [0.4, 0.5) is 48.3 Å². The molecule has 4 nitrogen and oxygen atoms in total. The van der Waals surface area contributed by atoms with Crippen molar-refractivity contribution in [2.24, 2.45) is 0 Å². The standard InChI is InChI=1S/C14H15F11O4/c1-7(2)9(27)29-6-8(26)5-28-4-3-10(15,16)12(18,19)11(17,13(20,21)22)14(23,24)25/h8,26H,1,3-6H2,2H3. The number of esters is 1. The van der Waals surface area contributed by atoms with Crippen LogP contribution in [0.3, 0.4) is 0 Å². The Labute approximate surface area is 156 Å². The Morgan fingerprint density at radius 1 is 0.931 bits per heavy atom. The van der Waals surface area contributed by atoms with Gasteiger partial charge >= 0.3 is 35.8 Å². The molecule has 0 radical (unpaired) electrons. The van der Waals surface area contributed by atoms with E-state index in [-0.39, 0.29) is 5.57 Å². The molecule has 0 rings (SSSR count). The van der Waals surface area contributed by atoms with Crippen molar-refractivity contribution in [2.45, 2.75) is 49.3 Å². The number of aliphatic hydroxyl groups excluding tert-OH is 1. The summed E-state index contributed by atoms with van der Waals surface area (Å²) >= 11 is 0. The molecular weight excluding hydrogens is 441 g/mol. The molecule has 0 aliphatic rings. The van der Waals surface area contributed by atoms with Crippen LogP contribution in [0, 0.1) is 0 Å². The molecule has 29 heavy (non-hydrogen) atoms. The molecule has 0 saturated heterocycles. The second-order valence-electron chi connectivity index (χ2n) is 5.79. The zero-order valence-electron chi connectivity index (χ0n) is 14.4. The Balaban J connectivity index is 5.04. The first-order valence-electron chi connectivity index (χ1n) is 7.38. The molecule has 1 unspecified atom stereocenters. The normalized spacial score (nSPS) is 15.2. The highest BCUT2D eigenvalue weighted by Gasteiger charge is 2.89. The van der Waals surface area contributed by atoms with E-state index in [4.69, 9.17) is 0 Å². The van der Waals surface area contributed by atoms with Gasteiger partial charge in [0.1, 0.15) is 12.7 Å². The molecule has 0 bridgehead atoms. The van der Waals surface area contributed by atoms with Crippen LogP contribution in [0.5, 0.6) is 0 Å². The van der Waals surface area contributed by atoms with Gasteiger partial charge in [0.15, 0.2) is 0 Å². The molecule has 15 heteroatoms. The number of halogens is 11. The van der Waals surface area contributed by atoms with Crippen LogP contribution in [0.15, 0.2) is 12.2 Å². The molecule has 0 spiro atoms. The molecule has 0 amide bonds. The minimum atomic E-state index is -7.52. The third-order valence-electron chi connectivity index (χ3n) is 3.30. The summed E-state index contributed by atoms with van der Waals surface area (Å²) in [7, 11) is 0. The molecule has 1 atom stereocenters. The summed E-state index contributed by atoms with van der Waals surface area (Å²) in [5, 5.41) is 9.29. The summed E-state index contributed by atoms with van der Waals surface area (Å²) in [6, 6.07) is 0. The van der Waals surface area contributed by atoms with Gasteiger partial charge in [-0.05, 0) is 6.92 Å². The van der Waals surface area contributed by atoms with Gasteiger partial charge < -0.3 is 14.6 Å². The Morgan fingerprint density at radius 3 is 1.76 bits per heavy atom. The monoisotopic (exact) mass is 456 g/mol. The molecule has 1 N–H and O–H groups in total. The molecule has 0 aromatic heterocycles. The summed E-state index contributed by atoms with van der Waals surface area (Å²) in [5.74, 6) is -14.3. The smallest absolute Gasteiger partial charge is 0.438 e. The zero-order chi connectivity index (χ0) is 23.5. The van der Waals surface area contributed by atoms with Crippen LogP contribution in [0.2, 0.25) is 0 Å². The Bertz CT molecular complexity index is 569. The van der Waals surface area contributed by atoms with Crippen molar-refractivity contribution >= 4 is 5.97 Å². The van der Waals surface area contributed by atoms with E-state index in [1.165, 1.54) is 6.92 Å². The topological polar surface area (TPSA) is 55.8 Å². The molecule has 0 aliphatic carbocycles. The van der Waals surface area contributed by atoms with Gasteiger partial charge in [0.25, 0.3) is 0 Å². The maximum atomic E-state index is 13.4. The van der Waals surface area contributed by atoms with Gasteiger partial charge in [-0.3, -0.25) is 0 Å². The third-order valence-corrected chi connectivity index (χ3v) is 3.30. The molecule has 0 fully saturated rings. The fraction of sp³-hybridized carbons (Fsp3) is 0.786. The molecule has 0 aromatic carbocycles. The fourth-order valence-corrected chi connectivity index (χ4v) is 1.69. The lowest BCUT2D eigenvalue weighted by Crippen LogP contribution is -2.70. The fourth-order valence-electron chi connectivity index (χ4n) is 1.69. The SMILES string of the molecule is C=C(C)C(=O)OCC(O)COCCC(F)(F)C(F)(F)C(F)(C(F)(F)F)C(F)(F)F. The van der Waals surface area contributed by atoms with E-state index in [0.29, 0.717) is 0 Å². The van der Waals surface area contributed by atoms with Crippen molar-refractivity contribution in [3.05, 3.63) is 12.2 Å². The lowest BCUT2D eigenvalue weighted by atomic mass is 9.89. The van der Waals surface area contributed by atoms with E-state index >= 15 is 0 Å². The summed E-state index contributed by atoms with van der Waals surface area (Å²) in [6.07, 6.45) is -18.9. The molecule has 0 aliphatic heterocycles. The van der Waals surface area contributed by atoms with Crippen molar-refractivity contribution in [3.8, 4) is 0 Å². The maximum Gasteiger partial charge on any atom is 0.438 e. The molecule has 0 saturated carbocycles. The lowest BCUT2D eigenvalue weighted by Gasteiger charge is -2.39. The number of rotatable bonds is 10. The van der Waals surface area contributed by atoms with Crippen LogP contribution < -0.4 is 0 Å². The first kappa shape index (κ1) is 27.4. The van der Waals surface area contributed by atoms with E-state index in [2.05, 4.69) is 16.1 Å². The minimum Gasteiger partial charge on any atom is -0.460 e. The first-order chi connectivity index (χ1) is 12.7. The van der Waals surface area contributed by atoms with E-state index in [9.17, 15) is 58.2 Å². The van der Waals surface area contributed by atoms with Gasteiger partial charge in [-0.1, -0.05) is 6.58 Å². The number of aliphatic hydroxyl groups is 1. The highest BCUT2D eigenvalue weighted by Crippen LogP contribution is 2.59. The van der Waals surface area contributed by atoms with Crippen LogP contribution in [-0.4, -0.2) is 66.9 Å². The summed E-state index contributed by atoms with van der Waals surface area (Å²) in [5.41, 5.74) is -7.60. The van der Waals surface area contributed by atoms with Crippen LogP contribution >= 0.6 is 0 Å². The maximum absolute atomic E-state index is 13.4. The quantitative estimate of drug-likeness (QED) is 0.234. The van der Waals surface area contributed by atoms with E-state index in [1.807, 2.05) is 0 Å². The first-order valence-corrected chi connectivity index (χ1v) is 7.38. The van der Waals surface area contributed by atoms with E-state index < -0.39 is 68.2 Å². The second-order valence-corrected chi connectivity index (χ2v) is 5.79. The van der Waals surface area contributed by atoms with Crippen molar-refractivity contribution in [2.75, 3.05) is 19.8 Å². The van der Waals surface area contributed by atoms with Crippen molar-refractivity contribution < 1.29 is 67.7 Å². The number of alkyl halides is 11. The highest BCUT2D eigenvalue weighted by atomic mass is 19.4. The van der Waals surface area contributed by atoms with Crippen LogP contribution in [-0.2, 0) is 14.3 Å². The largest absolute Gasteiger partial charge is 0.460 e. The van der Waals surface area contributed by atoms with Gasteiger partial charge in [-0.15, -0.1) is 0 Å². The zero-order valence-corrected chi connectivity index (χ0v) is 14.4. The highest BCUT2D eigenvalue weighted by molar-refractivity contribution is 5.86. The van der Waals surface area contributed by atoms with Crippen LogP contribution in [0.25, 0.3) is 0 Å². The Kier molecular flexibility index (Phi) is 8.51. The number of hydrogen-bond acceptors (Lipinski definition) is 4. The summed E-state index contributed by atoms with van der Waals surface area (Å²) < 4.78 is 149. The minimum absolute atomic E-state index is 0.0796. The third kappa shape index (κ3) is 5.93. The van der Waals surface area contributed by atoms with Crippen molar-refractivity contribution in [1.29, 1.82) is 0 Å². The molecule has 172 valence electrons. The van der Waals surface area contributed by atoms with Crippen molar-refractivity contribution in [3.63, 3.8) is 0 Å². The summed E-state index contributed by atoms with van der Waals surface area (Å²) in [4.78, 5) is 11.0. The average molecular weight is 456 g/mol. The van der Waals surface area contributed by atoms with E-state index in [0.717, 1.165) is 0 Å². The average Bonchev–Trinajstić information content (AvgIpc) is 2.53. The number of hydrogen-bond donors (Lipinski definition) is 1. The molecule has 0 heterocycles. The van der Waals surface area contributed by atoms with Gasteiger partial charge in [0.05, 0.1) is 13.2 Å². The van der Waals surface area contributed by atoms with Gasteiger partial charge in [-0.25, -0.2) is 9.18 Å². The van der Waals surface area contributed by atoms with Gasteiger partial charge in [0, 0.05) is 12.0 Å². The van der Waals surface area contributed by atoms with Crippen molar-refractivity contribution in [1.82, 2.24) is 0 Å². The molecule has 0 aromatic rings. The van der Waals surface area contributed by atoms with Gasteiger partial charge in [-0.2, -0.15) is 43.9 Å². The second kappa shape index (κ2) is 9.02. The summed E-state index contributed by atoms with van der Waals surface area (Å²) in [6.45, 7) is 1.10. The predicted octanol–water partition coefficient (Wildman–Crippen LogP) is 3.98. The Morgan fingerprint density at radius 2 is 1.38 bits per heavy atom. The molecular formula is C14H15F11O4. The van der Waals surface area contributed by atoms with Gasteiger partial charge in [0.2, 0.25) is 0 Å². The number of carbonyl (C=O) groups excluding carboxylic acids is 1. The number of ether oxygens (including phenoxy) is 2. The lowest BCUT2D eigenvalue weighted by molar-refractivity contribution is -0.427.